The van der Waals surface area contributed by atoms with Gasteiger partial charge in [-0.1, -0.05) is 60.7 Å². The summed E-state index contributed by atoms with van der Waals surface area (Å²) in [4.78, 5) is 16.0. The highest BCUT2D eigenvalue weighted by atomic mass is 16.5. The lowest BCUT2D eigenvalue weighted by molar-refractivity contribution is 0.111. The Morgan fingerprint density at radius 2 is 1.61 bits per heavy atom. The van der Waals surface area contributed by atoms with Crippen molar-refractivity contribution in [3.63, 3.8) is 0 Å². The highest BCUT2D eigenvalue weighted by Gasteiger charge is 2.09. The van der Waals surface area contributed by atoms with E-state index in [1.54, 1.807) is 6.20 Å². The largest absolute Gasteiger partial charge is 0.487 e. The third-order valence-corrected chi connectivity index (χ3v) is 5.78. The van der Waals surface area contributed by atoms with Crippen molar-refractivity contribution in [1.29, 1.82) is 0 Å². The zero-order valence-corrected chi connectivity index (χ0v) is 19.2. The molecule has 164 valence electrons. The summed E-state index contributed by atoms with van der Waals surface area (Å²) in [5, 5.41) is 0. The van der Waals surface area contributed by atoms with Crippen molar-refractivity contribution in [2.24, 2.45) is 0 Å². The number of hydrogen-bond donors (Lipinski definition) is 0. The molecule has 1 aromatic heterocycles. The minimum atomic E-state index is 0.312. The average molecular weight is 434 g/mol. The molecule has 0 spiro atoms. The van der Waals surface area contributed by atoms with Crippen molar-refractivity contribution in [3.8, 4) is 16.9 Å². The van der Waals surface area contributed by atoms with Crippen LogP contribution in [0.1, 0.15) is 43.9 Å². The molecule has 0 aliphatic heterocycles. The molecule has 0 N–H and O–H groups in total. The molecule has 0 unspecified atom stereocenters. The Hall–Kier alpha value is -3.98. The molecule has 0 fully saturated rings. The topological polar surface area (TPSA) is 39.2 Å². The van der Waals surface area contributed by atoms with Gasteiger partial charge in [-0.3, -0.25) is 9.78 Å². The van der Waals surface area contributed by atoms with Crippen molar-refractivity contribution in [3.05, 3.63) is 118 Å². The van der Waals surface area contributed by atoms with E-state index in [9.17, 15) is 4.79 Å². The van der Waals surface area contributed by atoms with Crippen LogP contribution in [0.15, 0.2) is 79.0 Å². The Morgan fingerprint density at radius 3 is 2.36 bits per heavy atom. The number of benzene rings is 3. The molecule has 0 aliphatic carbocycles. The smallest absolute Gasteiger partial charge is 0.153 e. The van der Waals surface area contributed by atoms with Gasteiger partial charge in [-0.25, -0.2) is 0 Å². The Labute approximate surface area is 195 Å². The molecule has 0 radical (unpaired) electrons. The van der Waals surface area contributed by atoms with Crippen LogP contribution in [-0.4, -0.2) is 11.3 Å². The van der Waals surface area contributed by atoms with Crippen molar-refractivity contribution in [1.82, 2.24) is 4.98 Å². The average Bonchev–Trinajstić information content (AvgIpc) is 2.83. The minimum absolute atomic E-state index is 0.312. The molecule has 1 heterocycles. The number of aromatic nitrogens is 1. The van der Waals surface area contributed by atoms with Crippen LogP contribution in [0.4, 0.5) is 0 Å². The summed E-state index contributed by atoms with van der Waals surface area (Å²) in [6, 6.07) is 24.5. The van der Waals surface area contributed by atoms with Crippen molar-refractivity contribution >= 4 is 18.4 Å². The quantitative estimate of drug-likeness (QED) is 0.228. The summed E-state index contributed by atoms with van der Waals surface area (Å²) in [5.74, 6) is 0.563. The number of carbonyl (C=O) groups is 1. The molecule has 0 saturated heterocycles. The van der Waals surface area contributed by atoms with E-state index in [4.69, 9.17) is 4.74 Å². The normalized spacial score (nSPS) is 11.0. The Kier molecular flexibility index (Phi) is 6.80. The SMILES string of the molecule is Cc1ccnc(COc2cc(/C=C/c3cccc(-c4ccccc4)c3C)c(C)cc2C=O)c1. The number of carbonyl (C=O) groups excluding carboxylic acids is 1. The van der Waals surface area contributed by atoms with E-state index in [2.05, 4.69) is 66.5 Å². The summed E-state index contributed by atoms with van der Waals surface area (Å²) in [6.45, 7) is 6.48. The summed E-state index contributed by atoms with van der Waals surface area (Å²) >= 11 is 0. The first-order chi connectivity index (χ1) is 16.0. The van der Waals surface area contributed by atoms with E-state index in [0.717, 1.165) is 34.2 Å². The number of aldehydes is 1. The second-order valence-corrected chi connectivity index (χ2v) is 8.20. The van der Waals surface area contributed by atoms with Gasteiger partial charge in [-0.05, 0) is 84.0 Å². The van der Waals surface area contributed by atoms with Crippen LogP contribution < -0.4 is 4.74 Å². The van der Waals surface area contributed by atoms with Crippen LogP contribution in [0.2, 0.25) is 0 Å². The molecule has 0 amide bonds. The monoisotopic (exact) mass is 433 g/mol. The van der Waals surface area contributed by atoms with E-state index in [1.165, 1.54) is 16.7 Å². The molecular weight excluding hydrogens is 406 g/mol. The van der Waals surface area contributed by atoms with E-state index >= 15 is 0 Å². The lowest BCUT2D eigenvalue weighted by Crippen LogP contribution is -2.01. The molecule has 3 nitrogen and oxygen atoms in total. The van der Waals surface area contributed by atoms with Crippen LogP contribution in [0.5, 0.6) is 5.75 Å². The van der Waals surface area contributed by atoms with E-state index in [1.807, 2.05) is 44.2 Å². The second kappa shape index (κ2) is 10.1. The molecule has 33 heavy (non-hydrogen) atoms. The van der Waals surface area contributed by atoms with Gasteiger partial charge in [-0.2, -0.15) is 0 Å². The van der Waals surface area contributed by atoms with Gasteiger partial charge in [0.2, 0.25) is 0 Å². The first kappa shape index (κ1) is 22.2. The standard InChI is InChI=1S/C30H27NO2/c1-21-14-15-31-28(16-21)20-33-30-18-26(22(2)17-27(30)19-32)13-12-24-10-7-11-29(23(24)3)25-8-5-4-6-9-25/h4-19H,20H2,1-3H3/b13-12+. The minimum Gasteiger partial charge on any atom is -0.487 e. The fourth-order valence-corrected chi connectivity index (χ4v) is 3.90. The van der Waals surface area contributed by atoms with Crippen LogP contribution in [0.25, 0.3) is 23.3 Å². The summed E-state index contributed by atoms with van der Waals surface area (Å²) < 4.78 is 5.99. The first-order valence-corrected chi connectivity index (χ1v) is 11.0. The van der Waals surface area contributed by atoms with E-state index in [-0.39, 0.29) is 0 Å². The van der Waals surface area contributed by atoms with Crippen molar-refractivity contribution < 1.29 is 9.53 Å². The molecule has 0 aliphatic rings. The third-order valence-electron chi connectivity index (χ3n) is 5.78. The zero-order chi connectivity index (χ0) is 23.2. The Morgan fingerprint density at radius 1 is 0.818 bits per heavy atom. The van der Waals surface area contributed by atoms with Gasteiger partial charge in [-0.15, -0.1) is 0 Å². The molecule has 3 heteroatoms. The van der Waals surface area contributed by atoms with Crippen molar-refractivity contribution in [2.45, 2.75) is 27.4 Å². The van der Waals surface area contributed by atoms with E-state index in [0.29, 0.717) is 17.9 Å². The lowest BCUT2D eigenvalue weighted by Gasteiger charge is -2.12. The molecule has 0 saturated carbocycles. The second-order valence-electron chi connectivity index (χ2n) is 8.20. The van der Waals surface area contributed by atoms with Crippen molar-refractivity contribution in [2.75, 3.05) is 0 Å². The summed E-state index contributed by atoms with van der Waals surface area (Å²) in [7, 11) is 0. The zero-order valence-electron chi connectivity index (χ0n) is 19.2. The summed E-state index contributed by atoms with van der Waals surface area (Å²) in [6.07, 6.45) is 6.81. The van der Waals surface area contributed by atoms with Gasteiger partial charge in [0.05, 0.1) is 11.3 Å². The molecule has 0 bridgehead atoms. The fourth-order valence-electron chi connectivity index (χ4n) is 3.90. The lowest BCUT2D eigenvalue weighted by atomic mass is 9.95. The van der Waals surface area contributed by atoms with Gasteiger partial charge >= 0.3 is 0 Å². The number of nitrogens with zero attached hydrogens (tertiary/aromatic N) is 1. The van der Waals surface area contributed by atoms with Gasteiger partial charge in [0.25, 0.3) is 0 Å². The highest BCUT2D eigenvalue weighted by molar-refractivity contribution is 5.83. The molecule has 4 aromatic rings. The Bertz CT molecular complexity index is 1310. The number of aryl methyl sites for hydroxylation is 2. The Balaban J connectivity index is 1.62. The number of ether oxygens (including phenoxy) is 1. The van der Waals surface area contributed by atoms with Crippen LogP contribution >= 0.6 is 0 Å². The highest BCUT2D eigenvalue weighted by Crippen LogP contribution is 2.28. The predicted octanol–water partition coefficient (Wildman–Crippen LogP) is 7.24. The van der Waals surface area contributed by atoms with Crippen LogP contribution in [0, 0.1) is 20.8 Å². The summed E-state index contributed by atoms with van der Waals surface area (Å²) in [5.41, 5.74) is 9.34. The molecule has 3 aromatic carbocycles. The van der Waals surface area contributed by atoms with Gasteiger partial charge < -0.3 is 4.74 Å². The van der Waals surface area contributed by atoms with Gasteiger partial charge in [0.15, 0.2) is 6.29 Å². The fraction of sp³-hybridized carbons (Fsp3) is 0.133. The molecule has 0 atom stereocenters. The number of pyridine rings is 1. The van der Waals surface area contributed by atoms with E-state index < -0.39 is 0 Å². The van der Waals surface area contributed by atoms with Crippen LogP contribution in [-0.2, 0) is 6.61 Å². The maximum Gasteiger partial charge on any atom is 0.153 e. The van der Waals surface area contributed by atoms with Gasteiger partial charge in [0.1, 0.15) is 12.4 Å². The third kappa shape index (κ3) is 5.27. The number of rotatable bonds is 7. The maximum atomic E-state index is 11.6. The van der Waals surface area contributed by atoms with Crippen LogP contribution in [0.3, 0.4) is 0 Å². The predicted molar refractivity (Wildman–Crippen MR) is 135 cm³/mol. The maximum absolute atomic E-state index is 11.6. The molecule has 4 rings (SSSR count). The van der Waals surface area contributed by atoms with Gasteiger partial charge in [0, 0.05) is 6.20 Å². The number of hydrogen-bond acceptors (Lipinski definition) is 3. The molecular formula is C30H27NO2. The first-order valence-electron chi connectivity index (χ1n) is 11.0.